The molecule has 3 aromatic rings. The summed E-state index contributed by atoms with van der Waals surface area (Å²) in [5.74, 6) is 0.628. The van der Waals surface area contributed by atoms with Crippen LogP contribution in [0.15, 0.2) is 84.0 Å². The molecule has 0 aliphatic carbocycles. The Morgan fingerprint density at radius 3 is 2.09 bits per heavy atom. The van der Waals surface area contributed by atoms with Crippen LogP contribution in [0, 0.1) is 0 Å². The molecule has 0 saturated carbocycles. The minimum absolute atomic E-state index is 0.0366. The molecule has 0 fully saturated rings. The number of hydrogen-bond acceptors (Lipinski definition) is 6. The molecule has 34 heavy (non-hydrogen) atoms. The largest absolute Gasteiger partial charge is 0.489 e. The van der Waals surface area contributed by atoms with E-state index in [0.29, 0.717) is 18.9 Å². The first-order valence-corrected chi connectivity index (χ1v) is 10.9. The van der Waals surface area contributed by atoms with Crippen LogP contribution in [0.3, 0.4) is 0 Å². The van der Waals surface area contributed by atoms with Gasteiger partial charge < -0.3 is 25.2 Å². The molecule has 0 saturated heterocycles. The van der Waals surface area contributed by atoms with Gasteiger partial charge in [0.15, 0.2) is 0 Å². The standard InChI is InChI=1S/C26H27NO5.CH5N/c1-19(16-26(28)29)21-10-14-24(15-11-21)31-17-20-8-12-23(13-9-20)32-18-25(27-30-2)22-6-4-3-5-7-22;1-2/h3-15,19H,16-18H2,1-2H3,(H,28,29);2H2,1H3/b27-25+;. The SMILES string of the molecule is CN.CO/N=C(\COc1ccc(COc2ccc(C(C)CC(=O)O)cc2)cc1)c1ccccc1. The molecular weight excluding hydrogens is 432 g/mol. The second-order valence-corrected chi connectivity index (χ2v) is 7.38. The number of rotatable bonds is 11. The third-order valence-corrected chi connectivity index (χ3v) is 4.94. The summed E-state index contributed by atoms with van der Waals surface area (Å²) in [4.78, 5) is 15.8. The van der Waals surface area contributed by atoms with Gasteiger partial charge in [-0.25, -0.2) is 0 Å². The van der Waals surface area contributed by atoms with Crippen molar-refractivity contribution in [3.63, 3.8) is 0 Å². The minimum Gasteiger partial charge on any atom is -0.489 e. The van der Waals surface area contributed by atoms with Gasteiger partial charge in [-0.2, -0.15) is 0 Å². The quantitative estimate of drug-likeness (QED) is 0.311. The summed E-state index contributed by atoms with van der Waals surface area (Å²) in [6.07, 6.45) is 0.110. The zero-order valence-corrected chi connectivity index (χ0v) is 19.8. The predicted molar refractivity (Wildman–Crippen MR) is 133 cm³/mol. The predicted octanol–water partition coefficient (Wildman–Crippen LogP) is 4.85. The average molecular weight is 465 g/mol. The van der Waals surface area contributed by atoms with E-state index in [4.69, 9.17) is 19.4 Å². The Hall–Kier alpha value is -3.84. The van der Waals surface area contributed by atoms with Gasteiger partial charge in [-0.3, -0.25) is 4.79 Å². The van der Waals surface area contributed by atoms with E-state index in [0.717, 1.165) is 28.2 Å². The maximum absolute atomic E-state index is 10.9. The molecule has 7 nitrogen and oxygen atoms in total. The molecule has 3 aromatic carbocycles. The number of nitrogens with two attached hydrogens (primary N) is 1. The molecule has 1 atom stereocenters. The van der Waals surface area contributed by atoms with Crippen LogP contribution >= 0.6 is 0 Å². The fourth-order valence-corrected chi connectivity index (χ4v) is 3.18. The highest BCUT2D eigenvalue weighted by atomic mass is 16.6. The zero-order chi connectivity index (χ0) is 24.8. The summed E-state index contributed by atoms with van der Waals surface area (Å²) in [7, 11) is 3.02. The van der Waals surface area contributed by atoms with Crippen molar-refractivity contribution < 1.29 is 24.2 Å². The molecular formula is C27H32N2O5. The van der Waals surface area contributed by atoms with Gasteiger partial charge >= 0.3 is 5.97 Å². The summed E-state index contributed by atoms with van der Waals surface area (Å²) in [6, 6.07) is 25.0. The molecule has 7 heteroatoms. The van der Waals surface area contributed by atoms with E-state index in [-0.39, 0.29) is 12.3 Å². The fourth-order valence-electron chi connectivity index (χ4n) is 3.18. The lowest BCUT2D eigenvalue weighted by molar-refractivity contribution is -0.137. The molecule has 3 rings (SSSR count). The van der Waals surface area contributed by atoms with Gasteiger partial charge in [-0.05, 0) is 48.4 Å². The first kappa shape index (κ1) is 26.4. The van der Waals surface area contributed by atoms with Crippen molar-refractivity contribution in [3.05, 3.63) is 95.6 Å². The van der Waals surface area contributed by atoms with Gasteiger partial charge in [0.05, 0.1) is 6.42 Å². The Balaban J connectivity index is 0.00000199. The molecule has 0 aliphatic rings. The first-order chi connectivity index (χ1) is 16.5. The number of carboxylic acid groups (broad SMARTS) is 1. The lowest BCUT2D eigenvalue weighted by Crippen LogP contribution is -2.13. The number of benzene rings is 3. The van der Waals surface area contributed by atoms with Gasteiger partial charge in [0.25, 0.3) is 0 Å². The number of carboxylic acids is 1. The molecule has 180 valence electrons. The van der Waals surface area contributed by atoms with Crippen LogP contribution in [0.4, 0.5) is 0 Å². The van der Waals surface area contributed by atoms with Gasteiger partial charge in [-0.15, -0.1) is 0 Å². The summed E-state index contributed by atoms with van der Waals surface area (Å²) in [5.41, 5.74) is 8.15. The van der Waals surface area contributed by atoms with Crippen molar-refractivity contribution in [3.8, 4) is 11.5 Å². The van der Waals surface area contributed by atoms with E-state index in [9.17, 15) is 4.79 Å². The maximum Gasteiger partial charge on any atom is 0.303 e. The molecule has 0 aliphatic heterocycles. The number of aliphatic carboxylic acids is 1. The minimum atomic E-state index is -0.799. The Morgan fingerprint density at radius 2 is 1.50 bits per heavy atom. The number of ether oxygens (including phenoxy) is 2. The number of hydrogen-bond donors (Lipinski definition) is 2. The summed E-state index contributed by atoms with van der Waals surface area (Å²) >= 11 is 0. The highest BCUT2D eigenvalue weighted by Crippen LogP contribution is 2.23. The summed E-state index contributed by atoms with van der Waals surface area (Å²) < 4.78 is 11.7. The Kier molecular flexibility index (Phi) is 11.1. The zero-order valence-electron chi connectivity index (χ0n) is 19.8. The first-order valence-electron chi connectivity index (χ1n) is 10.9. The average Bonchev–Trinajstić information content (AvgIpc) is 2.87. The van der Waals surface area contributed by atoms with Crippen LogP contribution in [0.1, 0.15) is 36.0 Å². The summed E-state index contributed by atoms with van der Waals surface area (Å²) in [5, 5.41) is 13.0. The third-order valence-electron chi connectivity index (χ3n) is 4.94. The van der Waals surface area contributed by atoms with Gasteiger partial charge in [0.1, 0.15) is 37.5 Å². The van der Waals surface area contributed by atoms with Crippen LogP contribution < -0.4 is 15.2 Å². The Bertz CT molecular complexity index is 1020. The third kappa shape index (κ3) is 8.60. The molecule has 0 bridgehead atoms. The smallest absolute Gasteiger partial charge is 0.303 e. The molecule has 0 heterocycles. The highest BCUT2D eigenvalue weighted by Gasteiger charge is 2.10. The molecule has 0 radical (unpaired) electrons. The Labute approximate surface area is 200 Å². The molecule has 0 aromatic heterocycles. The van der Waals surface area contributed by atoms with E-state index < -0.39 is 5.97 Å². The normalized spacial score (nSPS) is 11.6. The number of carbonyl (C=O) groups is 1. The van der Waals surface area contributed by atoms with Gasteiger partial charge in [-0.1, -0.05) is 66.7 Å². The van der Waals surface area contributed by atoms with E-state index in [1.165, 1.54) is 14.2 Å². The lowest BCUT2D eigenvalue weighted by atomic mass is 9.98. The van der Waals surface area contributed by atoms with Crippen LogP contribution in [-0.2, 0) is 16.2 Å². The van der Waals surface area contributed by atoms with E-state index >= 15 is 0 Å². The maximum atomic E-state index is 10.9. The number of nitrogens with zero attached hydrogens (tertiary/aromatic N) is 1. The van der Waals surface area contributed by atoms with E-state index in [2.05, 4.69) is 10.9 Å². The fraction of sp³-hybridized carbons (Fsp3) is 0.259. The van der Waals surface area contributed by atoms with Crippen LogP contribution in [-0.4, -0.2) is 37.6 Å². The van der Waals surface area contributed by atoms with E-state index in [1.807, 2.05) is 85.8 Å². The van der Waals surface area contributed by atoms with Crippen LogP contribution in [0.5, 0.6) is 11.5 Å². The van der Waals surface area contributed by atoms with Crippen molar-refractivity contribution in [2.45, 2.75) is 25.9 Å². The highest BCUT2D eigenvalue weighted by molar-refractivity contribution is 6.01. The van der Waals surface area contributed by atoms with Gasteiger partial charge in [0.2, 0.25) is 0 Å². The van der Waals surface area contributed by atoms with Crippen molar-refractivity contribution in [1.82, 2.24) is 0 Å². The van der Waals surface area contributed by atoms with Crippen molar-refractivity contribution in [2.75, 3.05) is 20.8 Å². The molecule has 3 N–H and O–H groups in total. The molecule has 0 amide bonds. The topological polar surface area (TPSA) is 103 Å². The molecule has 0 spiro atoms. The van der Waals surface area contributed by atoms with Crippen LogP contribution in [0.2, 0.25) is 0 Å². The van der Waals surface area contributed by atoms with Crippen molar-refractivity contribution in [2.24, 2.45) is 10.9 Å². The Morgan fingerprint density at radius 1 is 0.912 bits per heavy atom. The monoisotopic (exact) mass is 464 g/mol. The van der Waals surface area contributed by atoms with Gasteiger partial charge in [0, 0.05) is 5.56 Å². The van der Waals surface area contributed by atoms with Crippen molar-refractivity contribution >= 4 is 11.7 Å². The van der Waals surface area contributed by atoms with Crippen molar-refractivity contribution in [1.29, 1.82) is 0 Å². The van der Waals surface area contributed by atoms with E-state index in [1.54, 1.807) is 0 Å². The van der Waals surface area contributed by atoms with Crippen LogP contribution in [0.25, 0.3) is 0 Å². The second kappa shape index (κ2) is 14.3. The number of oxime groups is 1. The lowest BCUT2D eigenvalue weighted by Gasteiger charge is -2.12. The summed E-state index contributed by atoms with van der Waals surface area (Å²) in [6.45, 7) is 2.61. The molecule has 1 unspecified atom stereocenters. The second-order valence-electron chi connectivity index (χ2n) is 7.38.